The summed E-state index contributed by atoms with van der Waals surface area (Å²) in [6.45, 7) is 10.2. The molecule has 1 saturated heterocycles. The SMILES string of the molecule is CN1CCOCCNCCOCCN(C)CCOCC1. The Labute approximate surface area is 123 Å². The molecule has 0 aromatic heterocycles. The number of hydrogen-bond donors (Lipinski definition) is 1. The molecule has 6 heteroatoms. The van der Waals surface area contributed by atoms with Gasteiger partial charge < -0.3 is 29.3 Å². The second-order valence-corrected chi connectivity index (χ2v) is 5.19. The van der Waals surface area contributed by atoms with E-state index in [0.29, 0.717) is 0 Å². The van der Waals surface area contributed by atoms with E-state index in [0.717, 1.165) is 78.9 Å². The summed E-state index contributed by atoms with van der Waals surface area (Å²) in [4.78, 5) is 4.49. The Morgan fingerprint density at radius 2 is 0.950 bits per heavy atom. The maximum Gasteiger partial charge on any atom is 0.0594 e. The fourth-order valence-electron chi connectivity index (χ4n) is 1.83. The topological polar surface area (TPSA) is 46.2 Å². The average molecular weight is 289 g/mol. The minimum atomic E-state index is 0.757. The van der Waals surface area contributed by atoms with Gasteiger partial charge in [0.15, 0.2) is 0 Å². The van der Waals surface area contributed by atoms with Gasteiger partial charge in [-0.3, -0.25) is 0 Å². The fraction of sp³-hybridized carbons (Fsp3) is 1.00. The number of nitrogens with zero attached hydrogens (tertiary/aromatic N) is 2. The van der Waals surface area contributed by atoms with E-state index < -0.39 is 0 Å². The van der Waals surface area contributed by atoms with Gasteiger partial charge in [0.2, 0.25) is 0 Å². The van der Waals surface area contributed by atoms with Crippen molar-refractivity contribution in [1.82, 2.24) is 15.1 Å². The highest BCUT2D eigenvalue weighted by Gasteiger charge is 2.01. The van der Waals surface area contributed by atoms with E-state index >= 15 is 0 Å². The Hall–Kier alpha value is -0.240. The first-order valence-corrected chi connectivity index (χ1v) is 7.60. The third kappa shape index (κ3) is 10.5. The van der Waals surface area contributed by atoms with Crippen LogP contribution in [0.15, 0.2) is 0 Å². The van der Waals surface area contributed by atoms with Crippen molar-refractivity contribution in [1.29, 1.82) is 0 Å². The molecule has 1 aliphatic heterocycles. The first kappa shape index (κ1) is 17.8. The molecule has 6 nitrogen and oxygen atoms in total. The minimum absolute atomic E-state index is 0.757. The highest BCUT2D eigenvalue weighted by atomic mass is 16.5. The lowest BCUT2D eigenvalue weighted by Gasteiger charge is -2.19. The van der Waals surface area contributed by atoms with Crippen molar-refractivity contribution in [3.63, 3.8) is 0 Å². The van der Waals surface area contributed by atoms with Gasteiger partial charge in [-0.2, -0.15) is 0 Å². The number of hydrogen-bond acceptors (Lipinski definition) is 6. The van der Waals surface area contributed by atoms with Crippen LogP contribution in [-0.2, 0) is 14.2 Å². The number of nitrogens with one attached hydrogen (secondary N) is 1. The third-order valence-electron chi connectivity index (χ3n) is 3.32. The van der Waals surface area contributed by atoms with Crippen molar-refractivity contribution in [2.24, 2.45) is 0 Å². The second-order valence-electron chi connectivity index (χ2n) is 5.19. The normalized spacial score (nSPS) is 24.9. The molecule has 1 fully saturated rings. The van der Waals surface area contributed by atoms with Crippen molar-refractivity contribution >= 4 is 0 Å². The molecule has 0 saturated carbocycles. The van der Waals surface area contributed by atoms with Crippen LogP contribution in [0.5, 0.6) is 0 Å². The van der Waals surface area contributed by atoms with Crippen LogP contribution in [0, 0.1) is 0 Å². The van der Waals surface area contributed by atoms with Gasteiger partial charge in [-0.15, -0.1) is 0 Å². The first-order chi connectivity index (χ1) is 9.79. The number of rotatable bonds is 0. The molecule has 1 heterocycles. The maximum atomic E-state index is 5.64. The molecule has 0 spiro atoms. The van der Waals surface area contributed by atoms with E-state index in [-0.39, 0.29) is 0 Å². The molecule has 0 aromatic carbocycles. The van der Waals surface area contributed by atoms with Crippen molar-refractivity contribution in [3.8, 4) is 0 Å². The van der Waals surface area contributed by atoms with Crippen LogP contribution in [0.25, 0.3) is 0 Å². The zero-order valence-corrected chi connectivity index (χ0v) is 13.1. The van der Waals surface area contributed by atoms with E-state index in [1.807, 2.05) is 0 Å². The maximum absolute atomic E-state index is 5.64. The largest absolute Gasteiger partial charge is 0.379 e. The lowest BCUT2D eigenvalue weighted by atomic mass is 10.5. The molecule has 0 aliphatic carbocycles. The van der Waals surface area contributed by atoms with E-state index in [1.54, 1.807) is 0 Å². The van der Waals surface area contributed by atoms with Crippen LogP contribution in [-0.4, -0.2) is 103 Å². The van der Waals surface area contributed by atoms with E-state index in [9.17, 15) is 0 Å². The summed E-state index contributed by atoms with van der Waals surface area (Å²) in [7, 11) is 4.21. The van der Waals surface area contributed by atoms with E-state index in [2.05, 4.69) is 29.2 Å². The summed E-state index contributed by atoms with van der Waals surface area (Å²) in [5.74, 6) is 0. The molecule has 1 rings (SSSR count). The molecule has 0 atom stereocenters. The van der Waals surface area contributed by atoms with Crippen LogP contribution in [0.2, 0.25) is 0 Å². The molecule has 20 heavy (non-hydrogen) atoms. The highest BCUT2D eigenvalue weighted by molar-refractivity contribution is 4.54. The minimum Gasteiger partial charge on any atom is -0.379 e. The average Bonchev–Trinajstić information content (AvgIpc) is 2.43. The monoisotopic (exact) mass is 289 g/mol. The number of likely N-dealkylation sites (N-methyl/N-ethyl adjacent to an activating group) is 2. The highest BCUT2D eigenvalue weighted by Crippen LogP contribution is 1.88. The zero-order chi connectivity index (χ0) is 14.5. The molecule has 0 unspecified atom stereocenters. The molecule has 1 N–H and O–H groups in total. The van der Waals surface area contributed by atoms with Gasteiger partial charge in [0.1, 0.15) is 0 Å². The van der Waals surface area contributed by atoms with Crippen molar-refractivity contribution < 1.29 is 14.2 Å². The molecule has 0 bridgehead atoms. The summed E-state index contributed by atoms with van der Waals surface area (Å²) >= 11 is 0. The van der Waals surface area contributed by atoms with Crippen LogP contribution in [0.4, 0.5) is 0 Å². The molecule has 0 aromatic rings. The van der Waals surface area contributed by atoms with Gasteiger partial charge in [0.25, 0.3) is 0 Å². The van der Waals surface area contributed by atoms with Crippen LogP contribution >= 0.6 is 0 Å². The predicted octanol–water partition coefficient (Wildman–Crippen LogP) is -0.497. The number of ether oxygens (including phenoxy) is 3. The Morgan fingerprint density at radius 3 is 1.35 bits per heavy atom. The quantitative estimate of drug-likeness (QED) is 0.649. The van der Waals surface area contributed by atoms with E-state index in [1.165, 1.54) is 0 Å². The Bertz CT molecular complexity index is 200. The lowest BCUT2D eigenvalue weighted by Crippen LogP contribution is -2.31. The summed E-state index contributed by atoms with van der Waals surface area (Å²) in [6, 6.07) is 0. The molecular formula is C14H31N3O3. The lowest BCUT2D eigenvalue weighted by molar-refractivity contribution is 0.0641. The van der Waals surface area contributed by atoms with Gasteiger partial charge in [0.05, 0.1) is 39.6 Å². The molecule has 120 valence electrons. The summed E-state index contributed by atoms with van der Waals surface area (Å²) in [6.07, 6.45) is 0. The van der Waals surface area contributed by atoms with Gasteiger partial charge in [-0.25, -0.2) is 0 Å². The summed E-state index contributed by atoms with van der Waals surface area (Å²) in [5, 5.41) is 3.31. The van der Waals surface area contributed by atoms with Gasteiger partial charge >= 0.3 is 0 Å². The fourth-order valence-corrected chi connectivity index (χ4v) is 1.83. The van der Waals surface area contributed by atoms with Gasteiger partial charge in [-0.05, 0) is 14.1 Å². The van der Waals surface area contributed by atoms with Crippen molar-refractivity contribution in [2.45, 2.75) is 0 Å². The molecule has 1 aliphatic rings. The predicted molar refractivity (Wildman–Crippen MR) is 80.3 cm³/mol. The van der Waals surface area contributed by atoms with E-state index in [4.69, 9.17) is 14.2 Å². The van der Waals surface area contributed by atoms with Crippen LogP contribution < -0.4 is 5.32 Å². The Balaban J connectivity index is 2.16. The Kier molecular flexibility index (Phi) is 11.1. The first-order valence-electron chi connectivity index (χ1n) is 7.60. The van der Waals surface area contributed by atoms with Gasteiger partial charge in [-0.1, -0.05) is 0 Å². The summed E-state index contributed by atoms with van der Waals surface area (Å²) < 4.78 is 16.8. The van der Waals surface area contributed by atoms with Crippen molar-refractivity contribution in [2.75, 3.05) is 93.0 Å². The standard InChI is InChI=1S/C14H31N3O3/c1-16-5-11-18-9-3-15-4-10-19-12-6-17(2)8-14-20-13-7-16/h15H,3-14H2,1-2H3. The van der Waals surface area contributed by atoms with Gasteiger partial charge in [0, 0.05) is 39.3 Å². The van der Waals surface area contributed by atoms with Crippen LogP contribution in [0.1, 0.15) is 0 Å². The smallest absolute Gasteiger partial charge is 0.0594 e. The van der Waals surface area contributed by atoms with Crippen LogP contribution in [0.3, 0.4) is 0 Å². The molecule has 0 amide bonds. The summed E-state index contributed by atoms with van der Waals surface area (Å²) in [5.41, 5.74) is 0. The Morgan fingerprint density at radius 1 is 0.600 bits per heavy atom. The molecule has 0 radical (unpaired) electrons. The van der Waals surface area contributed by atoms with Crippen molar-refractivity contribution in [3.05, 3.63) is 0 Å². The third-order valence-corrected chi connectivity index (χ3v) is 3.32. The second kappa shape index (κ2) is 12.5. The zero-order valence-electron chi connectivity index (χ0n) is 13.1. The molecular weight excluding hydrogens is 258 g/mol.